The number of ether oxygens (including phenoxy) is 2. The molecule has 2 saturated heterocycles. The molecule has 13 heteroatoms. The Kier molecular flexibility index (Phi) is 22.0. The first-order chi connectivity index (χ1) is 29.0. The van der Waals surface area contributed by atoms with Crippen LogP contribution < -0.4 is 0 Å². The van der Waals surface area contributed by atoms with E-state index in [1.165, 1.54) is 0 Å². The van der Waals surface area contributed by atoms with Crippen LogP contribution >= 0.6 is 0 Å². The zero-order chi connectivity index (χ0) is 48.6. The zero-order valence-electron chi connectivity index (χ0n) is 43.2. The Morgan fingerprint density at radius 2 is 0.778 bits per heavy atom. The van der Waals surface area contributed by atoms with Crippen molar-refractivity contribution in [1.29, 1.82) is 0 Å². The summed E-state index contributed by atoms with van der Waals surface area (Å²) in [4.78, 5) is 0. The highest BCUT2D eigenvalue weighted by molar-refractivity contribution is 6.84. The molecule has 2 heterocycles. The van der Waals surface area contributed by atoms with Gasteiger partial charge in [0, 0.05) is 0 Å². The van der Waals surface area contributed by atoms with Crippen molar-refractivity contribution in [2.24, 2.45) is 11.8 Å². The van der Waals surface area contributed by atoms with Crippen LogP contribution in [0, 0.1) is 59.0 Å². The summed E-state index contributed by atoms with van der Waals surface area (Å²) in [7, 11) is -9.33. The van der Waals surface area contributed by atoms with Gasteiger partial charge < -0.3 is 43.2 Å². The van der Waals surface area contributed by atoms with E-state index in [9.17, 15) is 20.4 Å². The fourth-order valence-electron chi connectivity index (χ4n) is 11.4. The van der Waals surface area contributed by atoms with Crippen LogP contribution in [-0.2, 0) is 22.8 Å². The molecule has 0 radical (unpaired) electrons. The predicted molar refractivity (Wildman–Crippen MR) is 269 cm³/mol. The van der Waals surface area contributed by atoms with Gasteiger partial charge in [0.05, 0.1) is 55.6 Å². The van der Waals surface area contributed by atoms with Crippen molar-refractivity contribution in [2.75, 3.05) is 13.2 Å². The normalized spacial score (nSPS) is 27.4. The van der Waals surface area contributed by atoms with E-state index in [0.29, 0.717) is 16.6 Å². The summed E-state index contributed by atoms with van der Waals surface area (Å²) in [6.07, 6.45) is -4.26. The Bertz CT molecular complexity index is 1630. The van der Waals surface area contributed by atoms with E-state index in [0.717, 1.165) is 0 Å². The highest BCUT2D eigenvalue weighted by Crippen LogP contribution is 2.47. The lowest BCUT2D eigenvalue weighted by atomic mass is 9.87. The molecule has 0 aliphatic carbocycles. The summed E-state index contributed by atoms with van der Waals surface area (Å²) in [5.74, 6) is 17.2. The molecule has 2 fully saturated rings. The molecule has 0 aromatic heterocycles. The molecule has 360 valence electrons. The van der Waals surface area contributed by atoms with Crippen molar-refractivity contribution in [1.82, 2.24) is 0 Å². The number of hydrogen-bond acceptors (Lipinski definition) is 9. The fourth-order valence-corrected chi connectivity index (χ4v) is 28.0. The molecule has 4 N–H and O–H groups in total. The third-order valence-corrected chi connectivity index (χ3v) is 33.1. The molecule has 0 spiro atoms. The Labute approximate surface area is 389 Å². The average molecular weight is 948 g/mol. The van der Waals surface area contributed by atoms with Gasteiger partial charge in [-0.1, -0.05) is 168 Å². The predicted octanol–water partition coefficient (Wildman–Crippen LogP) is 9.62. The summed E-state index contributed by atoms with van der Waals surface area (Å²) >= 11 is 0. The summed E-state index contributed by atoms with van der Waals surface area (Å²) in [5, 5.41) is 45.9. The maximum atomic E-state index is 12.3. The second-order valence-corrected chi connectivity index (χ2v) is 43.1. The first-order valence-corrected chi connectivity index (χ1v) is 33.9. The monoisotopic (exact) mass is 947 g/mol. The molecule has 0 bridgehead atoms. The molecule has 0 unspecified atom stereocenters. The van der Waals surface area contributed by atoms with E-state index < -0.39 is 100 Å². The van der Waals surface area contributed by atoms with Gasteiger partial charge >= 0.3 is 0 Å². The molecular formula is C50H90O9Si4. The lowest BCUT2D eigenvalue weighted by molar-refractivity contribution is -0.173. The molecule has 9 nitrogen and oxygen atoms in total. The quantitative estimate of drug-likeness (QED) is 0.0885. The van der Waals surface area contributed by atoms with Crippen LogP contribution in [0.1, 0.15) is 125 Å². The average Bonchev–Trinajstić information content (AvgIpc) is 3.15. The van der Waals surface area contributed by atoms with Crippen molar-refractivity contribution in [3.63, 3.8) is 0 Å². The van der Waals surface area contributed by atoms with Crippen molar-refractivity contribution >= 4 is 33.0 Å². The van der Waals surface area contributed by atoms with Gasteiger partial charge in [-0.05, 0) is 61.7 Å². The van der Waals surface area contributed by atoms with Gasteiger partial charge in [0.25, 0.3) is 8.32 Å². The molecule has 2 aliphatic rings. The first-order valence-electron chi connectivity index (χ1n) is 24.0. The van der Waals surface area contributed by atoms with Crippen LogP contribution in [0.3, 0.4) is 0 Å². The number of aliphatic hydroxyl groups is 4. The minimum Gasteiger partial charge on any atom is -0.500 e. The summed E-state index contributed by atoms with van der Waals surface area (Å²) in [5.41, 5.74) is 5.74. The molecule has 0 aromatic rings. The Morgan fingerprint density at radius 3 is 1.10 bits per heavy atom. The molecule has 0 saturated carbocycles. The number of hydrogen-bond donors (Lipinski definition) is 4. The van der Waals surface area contributed by atoms with Gasteiger partial charge in [0.15, 0.2) is 0 Å². The molecule has 10 atom stereocenters. The van der Waals surface area contributed by atoms with Crippen LogP contribution in [0.5, 0.6) is 0 Å². The van der Waals surface area contributed by atoms with Gasteiger partial charge in [-0.3, -0.25) is 0 Å². The maximum absolute atomic E-state index is 12.3. The van der Waals surface area contributed by atoms with Gasteiger partial charge in [0.1, 0.15) is 32.5 Å². The van der Waals surface area contributed by atoms with Crippen molar-refractivity contribution < 1.29 is 43.2 Å². The zero-order valence-corrected chi connectivity index (χ0v) is 47.2. The molecule has 63 heavy (non-hydrogen) atoms. The third kappa shape index (κ3) is 13.0. The summed E-state index contributed by atoms with van der Waals surface area (Å²) < 4.78 is 34.1. The molecular weight excluding hydrogens is 857 g/mol. The van der Waals surface area contributed by atoms with Crippen molar-refractivity contribution in [2.45, 2.75) is 243 Å². The highest BCUT2D eigenvalue weighted by atomic mass is 28.4. The lowest BCUT2D eigenvalue weighted by Gasteiger charge is -2.49. The van der Waals surface area contributed by atoms with Gasteiger partial charge in [-0.25, -0.2) is 0 Å². The van der Waals surface area contributed by atoms with E-state index in [4.69, 9.17) is 22.8 Å². The van der Waals surface area contributed by atoms with Crippen molar-refractivity contribution in [3.8, 4) is 47.2 Å². The standard InChI is InChI=1S/C50H90O9Si4/c1-32(2)61(33(3)4,34(5)6)55-28-26-42-46(31-52)56-43(49(48(42)54)58-62(35(7)8,36(9)10)37(11)12)25-23-22-24-41-45(30-51)57-44(27-29-60(19,20)21)50(47(41)53)59-63(38(13)14,39(15)16)40(17)18/h32-54H,30-31H2,1-21H3/t41-,42+,43-,44+,45-,46+,47+,48-,49-,50+/m0/s1. The lowest BCUT2D eigenvalue weighted by Crippen LogP contribution is -2.61. The van der Waals surface area contributed by atoms with Crippen LogP contribution in [0.4, 0.5) is 0 Å². The topological polar surface area (TPSA) is 127 Å². The highest BCUT2D eigenvalue weighted by Gasteiger charge is 2.55. The summed E-state index contributed by atoms with van der Waals surface area (Å²) in [6.45, 7) is 45.2. The van der Waals surface area contributed by atoms with Crippen LogP contribution in [0.15, 0.2) is 0 Å². The largest absolute Gasteiger partial charge is 0.500 e. The molecule has 0 aromatic carbocycles. The first kappa shape index (κ1) is 57.7. The smallest absolute Gasteiger partial charge is 0.272 e. The Morgan fingerprint density at radius 1 is 0.460 bits per heavy atom. The Balaban J connectivity index is 2.77. The van der Waals surface area contributed by atoms with E-state index in [2.05, 4.69) is 191 Å². The second kappa shape index (κ2) is 24.0. The van der Waals surface area contributed by atoms with Crippen LogP contribution in [0.2, 0.25) is 69.5 Å². The fraction of sp³-hybridized carbons (Fsp3) is 0.840. The maximum Gasteiger partial charge on any atom is 0.272 e. The molecule has 0 amide bonds. The molecule has 2 rings (SSSR count). The Hall–Kier alpha value is -1.41. The third-order valence-electron chi connectivity index (χ3n) is 14.2. The van der Waals surface area contributed by atoms with Gasteiger partial charge in [0.2, 0.25) is 16.6 Å². The van der Waals surface area contributed by atoms with Crippen molar-refractivity contribution in [3.05, 3.63) is 0 Å². The van der Waals surface area contributed by atoms with Crippen LogP contribution in [0.25, 0.3) is 0 Å². The number of rotatable bonds is 16. The van der Waals surface area contributed by atoms with Gasteiger partial charge in [-0.15, -0.1) is 5.54 Å². The van der Waals surface area contributed by atoms with Crippen LogP contribution in [-0.4, -0.2) is 115 Å². The van der Waals surface area contributed by atoms with E-state index in [1.54, 1.807) is 0 Å². The van der Waals surface area contributed by atoms with Gasteiger partial charge in [-0.2, -0.15) is 0 Å². The SMILES string of the molecule is CC(C)[Si](OC#C[C@H]1[C@H](O)[C@@H](O[Si](C(C)C)(C(C)C)C(C)C)[C@H](C#CC#C[C@@H]2[C@@H](O)[C@H](O[Si](C(C)C)(C(C)C)C(C)C)[C@@H](C#C[Si](C)(C)C)O[C@H]2CO)O[C@@H]1CO)(C(C)C)C(C)C. The van der Waals surface area contributed by atoms with E-state index in [-0.39, 0.29) is 39.9 Å². The minimum absolute atomic E-state index is 0.206. The summed E-state index contributed by atoms with van der Waals surface area (Å²) in [6, 6.07) is 0. The second-order valence-electron chi connectivity index (χ2n) is 22.1. The number of aliphatic hydroxyl groups excluding tert-OH is 4. The van der Waals surface area contributed by atoms with E-state index >= 15 is 0 Å². The van der Waals surface area contributed by atoms with E-state index in [1.807, 2.05) is 0 Å². The molecule has 2 aliphatic heterocycles. The minimum atomic E-state index is -2.62.